The lowest BCUT2D eigenvalue weighted by molar-refractivity contribution is -0.150. The smallest absolute Gasteiger partial charge is 0.329 e. The van der Waals surface area contributed by atoms with Gasteiger partial charge in [-0.1, -0.05) is 0 Å². The molecule has 2 aliphatic rings. The minimum absolute atomic E-state index is 0.201. The zero-order valence-corrected chi connectivity index (χ0v) is 14.0. The third kappa shape index (κ3) is 3.11. The Bertz CT molecular complexity index is 610. The number of amides is 1. The second-order valence-electron chi connectivity index (χ2n) is 6.64. The molecule has 24 heavy (non-hydrogen) atoms. The fraction of sp³-hybridized carbons (Fsp3) is 0.556. The van der Waals surface area contributed by atoms with Gasteiger partial charge in [0.15, 0.2) is 0 Å². The summed E-state index contributed by atoms with van der Waals surface area (Å²) in [4.78, 5) is 28.2. The standard InChI is InChI=1S/C18H24N2O4/c1-18(17(22)23)8-2-3-9-20(18)16(21)14-4-6-15(7-5-14)19-10-12-24-13-11-19/h4-7H,2-3,8-13H2,1H3,(H,22,23)/t18-/m1/s1. The van der Waals surface area contributed by atoms with E-state index in [1.165, 1.54) is 4.90 Å². The molecule has 2 saturated heterocycles. The zero-order chi connectivity index (χ0) is 17.2. The van der Waals surface area contributed by atoms with Gasteiger partial charge in [0, 0.05) is 30.9 Å². The van der Waals surface area contributed by atoms with Crippen molar-refractivity contribution in [3.05, 3.63) is 29.8 Å². The lowest BCUT2D eigenvalue weighted by Crippen LogP contribution is -2.57. The molecule has 6 nitrogen and oxygen atoms in total. The summed E-state index contributed by atoms with van der Waals surface area (Å²) in [7, 11) is 0. The maximum absolute atomic E-state index is 12.8. The molecular weight excluding hydrogens is 308 g/mol. The first-order valence-corrected chi connectivity index (χ1v) is 8.50. The number of benzene rings is 1. The van der Waals surface area contributed by atoms with Gasteiger partial charge < -0.3 is 19.6 Å². The van der Waals surface area contributed by atoms with Crippen LogP contribution in [0.1, 0.15) is 36.5 Å². The SMILES string of the molecule is C[C@]1(C(=O)O)CCCCN1C(=O)c1ccc(N2CCOCC2)cc1. The van der Waals surface area contributed by atoms with Gasteiger partial charge in [-0.05, 0) is 50.5 Å². The van der Waals surface area contributed by atoms with E-state index in [2.05, 4.69) is 4.90 Å². The Morgan fingerprint density at radius 2 is 1.75 bits per heavy atom. The predicted octanol–water partition coefficient (Wildman–Crippen LogP) is 1.99. The molecule has 3 rings (SSSR count). The molecule has 2 heterocycles. The van der Waals surface area contributed by atoms with Gasteiger partial charge in [0.1, 0.15) is 5.54 Å². The van der Waals surface area contributed by atoms with Crippen molar-refractivity contribution in [2.75, 3.05) is 37.7 Å². The van der Waals surface area contributed by atoms with Crippen LogP contribution in [-0.4, -0.2) is 60.3 Å². The fourth-order valence-corrected chi connectivity index (χ4v) is 3.46. The average Bonchev–Trinajstić information content (AvgIpc) is 2.62. The number of nitrogens with zero attached hydrogens (tertiary/aromatic N) is 2. The number of aliphatic carboxylic acids is 1. The first-order valence-electron chi connectivity index (χ1n) is 8.50. The Morgan fingerprint density at radius 3 is 2.38 bits per heavy atom. The Labute approximate surface area is 142 Å². The number of hydrogen-bond donors (Lipinski definition) is 1. The molecule has 1 aromatic carbocycles. The maximum Gasteiger partial charge on any atom is 0.329 e. The van der Waals surface area contributed by atoms with Crippen LogP contribution in [0.3, 0.4) is 0 Å². The second kappa shape index (κ2) is 6.81. The minimum atomic E-state index is -1.11. The molecule has 0 radical (unpaired) electrons. The van der Waals surface area contributed by atoms with Crippen LogP contribution in [0, 0.1) is 0 Å². The molecule has 0 aliphatic carbocycles. The van der Waals surface area contributed by atoms with Crippen LogP contribution >= 0.6 is 0 Å². The van der Waals surface area contributed by atoms with E-state index in [-0.39, 0.29) is 5.91 Å². The van der Waals surface area contributed by atoms with Crippen molar-refractivity contribution in [2.24, 2.45) is 0 Å². The van der Waals surface area contributed by atoms with E-state index in [0.717, 1.165) is 31.6 Å². The fourth-order valence-electron chi connectivity index (χ4n) is 3.46. The molecule has 0 bridgehead atoms. The van der Waals surface area contributed by atoms with Gasteiger partial charge in [0.2, 0.25) is 0 Å². The molecule has 6 heteroatoms. The lowest BCUT2D eigenvalue weighted by atomic mass is 9.88. The number of piperidine rings is 1. The molecule has 1 atom stereocenters. The Kier molecular flexibility index (Phi) is 4.76. The van der Waals surface area contributed by atoms with E-state index < -0.39 is 11.5 Å². The second-order valence-corrected chi connectivity index (χ2v) is 6.64. The van der Waals surface area contributed by atoms with Gasteiger partial charge in [-0.3, -0.25) is 4.79 Å². The molecule has 0 saturated carbocycles. The van der Waals surface area contributed by atoms with Crippen LogP contribution in [0.2, 0.25) is 0 Å². The van der Waals surface area contributed by atoms with Crippen molar-refractivity contribution in [3.63, 3.8) is 0 Å². The van der Waals surface area contributed by atoms with E-state index in [1.54, 1.807) is 19.1 Å². The molecule has 1 amide bonds. The molecule has 1 aromatic rings. The summed E-state index contributed by atoms with van der Waals surface area (Å²) < 4.78 is 5.35. The number of likely N-dealkylation sites (tertiary alicyclic amines) is 1. The van der Waals surface area contributed by atoms with Crippen molar-refractivity contribution >= 4 is 17.6 Å². The molecule has 2 fully saturated rings. The third-order valence-corrected chi connectivity index (χ3v) is 5.09. The average molecular weight is 332 g/mol. The highest BCUT2D eigenvalue weighted by Crippen LogP contribution is 2.30. The number of ether oxygens (including phenoxy) is 1. The number of carbonyl (C=O) groups excluding carboxylic acids is 1. The van der Waals surface area contributed by atoms with Crippen LogP contribution in [0.4, 0.5) is 5.69 Å². The first kappa shape index (κ1) is 16.8. The highest BCUT2D eigenvalue weighted by molar-refractivity contribution is 5.98. The summed E-state index contributed by atoms with van der Waals surface area (Å²) in [5.41, 5.74) is 0.494. The number of rotatable bonds is 3. The highest BCUT2D eigenvalue weighted by Gasteiger charge is 2.44. The van der Waals surface area contributed by atoms with Gasteiger partial charge in [0.25, 0.3) is 5.91 Å². The summed E-state index contributed by atoms with van der Waals surface area (Å²) in [5.74, 6) is -1.13. The third-order valence-electron chi connectivity index (χ3n) is 5.09. The Hall–Kier alpha value is -2.08. The van der Waals surface area contributed by atoms with Gasteiger partial charge in [-0.2, -0.15) is 0 Å². The van der Waals surface area contributed by atoms with E-state index in [0.29, 0.717) is 31.7 Å². The van der Waals surface area contributed by atoms with E-state index in [9.17, 15) is 14.7 Å². The monoisotopic (exact) mass is 332 g/mol. The van der Waals surface area contributed by atoms with E-state index in [4.69, 9.17) is 4.74 Å². The molecule has 0 unspecified atom stereocenters. The summed E-state index contributed by atoms with van der Waals surface area (Å²) in [6, 6.07) is 7.45. The van der Waals surface area contributed by atoms with Crippen LogP contribution in [0.5, 0.6) is 0 Å². The van der Waals surface area contributed by atoms with Crippen LogP contribution in [0.25, 0.3) is 0 Å². The Balaban J connectivity index is 1.77. The van der Waals surface area contributed by atoms with Gasteiger partial charge in [-0.25, -0.2) is 4.79 Å². The number of hydrogen-bond acceptors (Lipinski definition) is 4. The topological polar surface area (TPSA) is 70.1 Å². The number of carboxylic acids is 1. The molecule has 0 aromatic heterocycles. The molecule has 130 valence electrons. The highest BCUT2D eigenvalue weighted by atomic mass is 16.5. The summed E-state index contributed by atoms with van der Waals surface area (Å²) in [5, 5.41) is 9.57. The Morgan fingerprint density at radius 1 is 1.08 bits per heavy atom. The number of carbonyl (C=O) groups is 2. The first-order chi connectivity index (χ1) is 11.5. The predicted molar refractivity (Wildman–Crippen MR) is 90.4 cm³/mol. The van der Waals surface area contributed by atoms with Gasteiger partial charge in [0.05, 0.1) is 13.2 Å². The van der Waals surface area contributed by atoms with Crippen molar-refractivity contribution < 1.29 is 19.4 Å². The largest absolute Gasteiger partial charge is 0.480 e. The van der Waals surface area contributed by atoms with Crippen molar-refractivity contribution in [1.29, 1.82) is 0 Å². The normalized spacial score (nSPS) is 24.7. The molecule has 2 aliphatic heterocycles. The number of anilines is 1. The van der Waals surface area contributed by atoms with Crippen molar-refractivity contribution in [1.82, 2.24) is 4.90 Å². The van der Waals surface area contributed by atoms with Crippen LogP contribution < -0.4 is 4.90 Å². The van der Waals surface area contributed by atoms with Crippen LogP contribution in [-0.2, 0) is 9.53 Å². The zero-order valence-electron chi connectivity index (χ0n) is 14.0. The number of morpholine rings is 1. The number of carboxylic acid groups (broad SMARTS) is 1. The van der Waals surface area contributed by atoms with Gasteiger partial charge in [-0.15, -0.1) is 0 Å². The van der Waals surface area contributed by atoms with Crippen molar-refractivity contribution in [3.8, 4) is 0 Å². The van der Waals surface area contributed by atoms with E-state index >= 15 is 0 Å². The van der Waals surface area contributed by atoms with Crippen LogP contribution in [0.15, 0.2) is 24.3 Å². The van der Waals surface area contributed by atoms with E-state index in [1.807, 2.05) is 12.1 Å². The molecular formula is C18H24N2O4. The maximum atomic E-state index is 12.8. The lowest BCUT2D eigenvalue weighted by Gasteiger charge is -2.41. The summed E-state index contributed by atoms with van der Waals surface area (Å²) >= 11 is 0. The minimum Gasteiger partial charge on any atom is -0.480 e. The molecule has 1 N–H and O–H groups in total. The summed E-state index contributed by atoms with van der Waals surface area (Å²) in [6.45, 7) is 5.26. The van der Waals surface area contributed by atoms with Gasteiger partial charge >= 0.3 is 5.97 Å². The van der Waals surface area contributed by atoms with Crippen molar-refractivity contribution in [2.45, 2.75) is 31.7 Å². The quantitative estimate of drug-likeness (QED) is 0.917. The molecule has 0 spiro atoms. The summed E-state index contributed by atoms with van der Waals surface area (Å²) in [6.07, 6.45) is 2.18.